The zero-order chi connectivity index (χ0) is 10.7. The summed E-state index contributed by atoms with van der Waals surface area (Å²) in [5.74, 6) is 0.114. The number of hydrogen-bond donors (Lipinski definition) is 3. The number of halogens is 1. The molecule has 1 aromatic rings. The number of phenols is 1. The smallest absolute Gasteiger partial charge is 0.120 e. The van der Waals surface area contributed by atoms with Crippen LogP contribution in [-0.4, -0.2) is 23.8 Å². The monoisotopic (exact) mass is 215 g/mol. The topological polar surface area (TPSA) is 52.5 Å². The molecule has 1 unspecified atom stereocenters. The number of likely N-dealkylation sites (N-methyl/N-ethyl adjacent to an activating group) is 1. The molecule has 0 saturated heterocycles. The highest BCUT2D eigenvalue weighted by atomic mass is 35.5. The highest BCUT2D eigenvalue weighted by molar-refractivity contribution is 6.31. The van der Waals surface area contributed by atoms with Gasteiger partial charge in [-0.1, -0.05) is 11.6 Å². The summed E-state index contributed by atoms with van der Waals surface area (Å²) in [4.78, 5) is 0. The van der Waals surface area contributed by atoms with Crippen LogP contribution in [0.1, 0.15) is 17.2 Å². The minimum absolute atomic E-state index is 0.114. The molecule has 0 spiro atoms. The maximum absolute atomic E-state index is 9.63. The molecule has 0 amide bonds. The van der Waals surface area contributed by atoms with E-state index in [4.69, 9.17) is 11.6 Å². The molecule has 0 bridgehead atoms. The van der Waals surface area contributed by atoms with Gasteiger partial charge in [0.1, 0.15) is 5.75 Å². The Bertz CT molecular complexity index is 305. The molecule has 0 saturated carbocycles. The Hall–Kier alpha value is -0.770. The summed E-state index contributed by atoms with van der Waals surface area (Å²) in [6.45, 7) is 2.16. The van der Waals surface area contributed by atoms with Crippen molar-refractivity contribution < 1.29 is 10.2 Å². The zero-order valence-corrected chi connectivity index (χ0v) is 8.97. The Balaban J connectivity index is 3.00. The van der Waals surface area contributed by atoms with Gasteiger partial charge in [0.05, 0.1) is 6.10 Å². The Labute approximate surface area is 88.3 Å². The predicted molar refractivity (Wildman–Crippen MR) is 56.7 cm³/mol. The minimum Gasteiger partial charge on any atom is -0.508 e. The molecule has 3 nitrogen and oxygen atoms in total. The summed E-state index contributed by atoms with van der Waals surface area (Å²) in [5.41, 5.74) is 1.25. The standard InChI is InChI=1S/C10H14ClNO2/c1-6-8(11)3-7(4-9(6)13)10(14)5-12-2/h3-4,10,12-14H,5H2,1-2H3. The molecule has 0 radical (unpaired) electrons. The van der Waals surface area contributed by atoms with Crippen molar-refractivity contribution in [2.24, 2.45) is 0 Å². The molecule has 0 aliphatic rings. The normalized spacial score (nSPS) is 12.9. The molecule has 0 heterocycles. The molecule has 0 fully saturated rings. The van der Waals surface area contributed by atoms with Gasteiger partial charge in [-0.25, -0.2) is 0 Å². The van der Waals surface area contributed by atoms with E-state index in [2.05, 4.69) is 5.32 Å². The zero-order valence-electron chi connectivity index (χ0n) is 8.21. The van der Waals surface area contributed by atoms with Crippen molar-refractivity contribution in [3.63, 3.8) is 0 Å². The van der Waals surface area contributed by atoms with Crippen LogP contribution >= 0.6 is 11.6 Å². The van der Waals surface area contributed by atoms with Crippen LogP contribution < -0.4 is 5.32 Å². The summed E-state index contributed by atoms with van der Waals surface area (Å²) in [7, 11) is 1.75. The highest BCUT2D eigenvalue weighted by Crippen LogP contribution is 2.29. The number of benzene rings is 1. The number of phenolic OH excluding ortho intramolecular Hbond substituents is 1. The molecule has 1 aromatic carbocycles. The lowest BCUT2D eigenvalue weighted by atomic mass is 10.1. The van der Waals surface area contributed by atoms with Gasteiger partial charge in [-0.15, -0.1) is 0 Å². The van der Waals surface area contributed by atoms with Gasteiger partial charge in [0.15, 0.2) is 0 Å². The second-order valence-corrected chi connectivity index (χ2v) is 3.63. The van der Waals surface area contributed by atoms with Crippen molar-refractivity contribution in [3.05, 3.63) is 28.3 Å². The molecule has 78 valence electrons. The van der Waals surface area contributed by atoms with E-state index in [0.29, 0.717) is 22.7 Å². The first-order chi connectivity index (χ1) is 6.56. The third-order valence-electron chi connectivity index (χ3n) is 2.12. The summed E-state index contributed by atoms with van der Waals surface area (Å²) < 4.78 is 0. The molecule has 3 N–H and O–H groups in total. The number of nitrogens with one attached hydrogen (secondary N) is 1. The van der Waals surface area contributed by atoms with Crippen molar-refractivity contribution in [1.82, 2.24) is 5.32 Å². The van der Waals surface area contributed by atoms with Crippen LogP contribution in [0.5, 0.6) is 5.75 Å². The number of aliphatic hydroxyl groups is 1. The second kappa shape index (κ2) is 4.64. The van der Waals surface area contributed by atoms with Crippen LogP contribution in [0, 0.1) is 6.92 Å². The van der Waals surface area contributed by atoms with E-state index in [-0.39, 0.29) is 5.75 Å². The van der Waals surface area contributed by atoms with Crippen molar-refractivity contribution in [1.29, 1.82) is 0 Å². The van der Waals surface area contributed by atoms with Gasteiger partial charge in [-0.3, -0.25) is 0 Å². The van der Waals surface area contributed by atoms with Gasteiger partial charge >= 0.3 is 0 Å². The summed E-state index contributed by atoms with van der Waals surface area (Å²) >= 11 is 5.87. The quantitative estimate of drug-likeness (QED) is 0.718. The molecule has 0 aromatic heterocycles. The Morgan fingerprint density at radius 1 is 1.50 bits per heavy atom. The molecule has 0 aliphatic heterocycles. The van der Waals surface area contributed by atoms with Crippen molar-refractivity contribution in [2.45, 2.75) is 13.0 Å². The number of hydrogen-bond acceptors (Lipinski definition) is 3. The van der Waals surface area contributed by atoms with E-state index < -0.39 is 6.10 Å². The van der Waals surface area contributed by atoms with Gasteiger partial charge in [-0.05, 0) is 31.7 Å². The fraction of sp³-hybridized carbons (Fsp3) is 0.400. The Kier molecular flexibility index (Phi) is 3.75. The largest absolute Gasteiger partial charge is 0.508 e. The minimum atomic E-state index is -0.649. The van der Waals surface area contributed by atoms with Gasteiger partial charge in [0, 0.05) is 17.1 Å². The van der Waals surface area contributed by atoms with Gasteiger partial charge in [0.25, 0.3) is 0 Å². The Morgan fingerprint density at radius 2 is 2.14 bits per heavy atom. The summed E-state index contributed by atoms with van der Waals surface area (Å²) in [6, 6.07) is 3.20. The van der Waals surface area contributed by atoms with Crippen LogP contribution in [0.4, 0.5) is 0 Å². The fourth-order valence-corrected chi connectivity index (χ4v) is 1.41. The average Bonchev–Trinajstić information content (AvgIpc) is 2.13. The summed E-state index contributed by atoms with van der Waals surface area (Å²) in [5, 5.41) is 22.4. The SMILES string of the molecule is CNCC(O)c1cc(O)c(C)c(Cl)c1. The fourth-order valence-electron chi connectivity index (χ4n) is 1.19. The highest BCUT2D eigenvalue weighted by Gasteiger charge is 2.10. The lowest BCUT2D eigenvalue weighted by Crippen LogP contribution is -2.16. The number of aromatic hydroxyl groups is 1. The van der Waals surface area contributed by atoms with Crippen LogP contribution in [0.3, 0.4) is 0 Å². The average molecular weight is 216 g/mol. The maximum Gasteiger partial charge on any atom is 0.120 e. The van der Waals surface area contributed by atoms with Crippen molar-refractivity contribution in [2.75, 3.05) is 13.6 Å². The molecular formula is C10H14ClNO2. The number of aliphatic hydroxyl groups excluding tert-OH is 1. The first kappa shape index (κ1) is 11.3. The van der Waals surface area contributed by atoms with Gasteiger partial charge in [-0.2, -0.15) is 0 Å². The second-order valence-electron chi connectivity index (χ2n) is 3.22. The van der Waals surface area contributed by atoms with Crippen LogP contribution in [0.2, 0.25) is 5.02 Å². The van der Waals surface area contributed by atoms with E-state index in [1.165, 1.54) is 6.07 Å². The lowest BCUT2D eigenvalue weighted by molar-refractivity contribution is 0.177. The molecule has 0 aliphatic carbocycles. The lowest BCUT2D eigenvalue weighted by Gasteiger charge is -2.12. The summed E-state index contributed by atoms with van der Waals surface area (Å²) in [6.07, 6.45) is -0.649. The first-order valence-electron chi connectivity index (χ1n) is 4.38. The van der Waals surface area contributed by atoms with Crippen molar-refractivity contribution >= 4 is 11.6 Å². The van der Waals surface area contributed by atoms with Crippen LogP contribution in [0.15, 0.2) is 12.1 Å². The van der Waals surface area contributed by atoms with E-state index in [9.17, 15) is 10.2 Å². The molecule has 4 heteroatoms. The number of rotatable bonds is 3. The van der Waals surface area contributed by atoms with E-state index in [1.807, 2.05) is 0 Å². The van der Waals surface area contributed by atoms with Crippen molar-refractivity contribution in [3.8, 4) is 5.75 Å². The first-order valence-corrected chi connectivity index (χ1v) is 4.75. The maximum atomic E-state index is 9.63. The van der Waals surface area contributed by atoms with E-state index in [1.54, 1.807) is 20.0 Å². The third-order valence-corrected chi connectivity index (χ3v) is 2.51. The van der Waals surface area contributed by atoms with Gasteiger partial charge in [0.2, 0.25) is 0 Å². The predicted octanol–water partition coefficient (Wildman–Crippen LogP) is 1.61. The van der Waals surface area contributed by atoms with Gasteiger partial charge < -0.3 is 15.5 Å². The van der Waals surface area contributed by atoms with E-state index >= 15 is 0 Å². The van der Waals surface area contributed by atoms with Crippen LogP contribution in [0.25, 0.3) is 0 Å². The Morgan fingerprint density at radius 3 is 2.64 bits per heavy atom. The third kappa shape index (κ3) is 2.38. The molecule has 1 rings (SSSR count). The molecule has 14 heavy (non-hydrogen) atoms. The molecular weight excluding hydrogens is 202 g/mol. The molecule has 1 atom stereocenters. The van der Waals surface area contributed by atoms with E-state index in [0.717, 1.165) is 0 Å². The van der Waals surface area contributed by atoms with Crippen LogP contribution in [-0.2, 0) is 0 Å².